The van der Waals surface area contributed by atoms with Gasteiger partial charge in [0.1, 0.15) is 0 Å². The highest BCUT2D eigenvalue weighted by Gasteiger charge is 2.13. The van der Waals surface area contributed by atoms with Gasteiger partial charge in [0.2, 0.25) is 0 Å². The lowest BCUT2D eigenvalue weighted by Gasteiger charge is -2.22. The molecule has 2 rings (SSSR count). The Hall–Kier alpha value is -2.23. The average molecular weight is 260 g/mol. The molecule has 0 spiro atoms. The molecule has 0 amide bonds. The first-order valence-electron chi connectivity index (χ1n) is 6.14. The van der Waals surface area contributed by atoms with Crippen molar-refractivity contribution in [3.05, 3.63) is 48.3 Å². The summed E-state index contributed by atoms with van der Waals surface area (Å²) in [5, 5.41) is 0. The smallest absolute Gasteiger partial charge is 0.167 e. The van der Waals surface area contributed by atoms with Crippen molar-refractivity contribution in [2.45, 2.75) is 6.92 Å². The number of para-hydroxylation sites is 1. The predicted octanol–water partition coefficient (Wildman–Crippen LogP) is 3.57. The van der Waals surface area contributed by atoms with Gasteiger partial charge in [0.25, 0.3) is 0 Å². The number of halogens is 1. The van der Waals surface area contributed by atoms with Gasteiger partial charge < -0.3 is 15.4 Å². The zero-order valence-electron chi connectivity index (χ0n) is 11.1. The van der Waals surface area contributed by atoms with E-state index in [0.29, 0.717) is 12.3 Å². The minimum Gasteiger partial charge on any atom is -0.491 e. The van der Waals surface area contributed by atoms with Gasteiger partial charge in [0.15, 0.2) is 11.6 Å². The molecular formula is C15H17FN2O. The second kappa shape index (κ2) is 5.61. The SMILES string of the molecule is CCOc1cc(N(C)c2ccccc2)c(N)cc1F. The van der Waals surface area contributed by atoms with E-state index in [1.807, 2.05) is 49.2 Å². The van der Waals surface area contributed by atoms with Crippen molar-refractivity contribution in [1.29, 1.82) is 0 Å². The second-order valence-electron chi connectivity index (χ2n) is 4.17. The lowest BCUT2D eigenvalue weighted by atomic mass is 10.2. The third-order valence-electron chi connectivity index (χ3n) is 2.89. The van der Waals surface area contributed by atoms with Crippen LogP contribution in [0.25, 0.3) is 0 Å². The van der Waals surface area contributed by atoms with Crippen LogP contribution in [0.3, 0.4) is 0 Å². The van der Waals surface area contributed by atoms with Gasteiger partial charge in [-0.2, -0.15) is 0 Å². The molecule has 2 aromatic carbocycles. The fraction of sp³-hybridized carbons (Fsp3) is 0.200. The molecule has 2 N–H and O–H groups in total. The largest absolute Gasteiger partial charge is 0.491 e. The van der Waals surface area contributed by atoms with Crippen LogP contribution in [-0.4, -0.2) is 13.7 Å². The second-order valence-corrected chi connectivity index (χ2v) is 4.17. The number of rotatable bonds is 4. The van der Waals surface area contributed by atoms with E-state index < -0.39 is 5.82 Å². The van der Waals surface area contributed by atoms with Gasteiger partial charge in [0, 0.05) is 24.9 Å². The molecule has 0 fully saturated rings. The lowest BCUT2D eigenvalue weighted by Crippen LogP contribution is -2.12. The summed E-state index contributed by atoms with van der Waals surface area (Å²) < 4.78 is 18.9. The zero-order chi connectivity index (χ0) is 13.8. The van der Waals surface area contributed by atoms with Crippen molar-refractivity contribution < 1.29 is 9.13 Å². The molecule has 3 nitrogen and oxygen atoms in total. The monoisotopic (exact) mass is 260 g/mol. The van der Waals surface area contributed by atoms with Crippen LogP contribution in [0.15, 0.2) is 42.5 Å². The van der Waals surface area contributed by atoms with Crippen molar-refractivity contribution >= 4 is 17.1 Å². The van der Waals surface area contributed by atoms with Crippen LogP contribution in [0.1, 0.15) is 6.92 Å². The van der Waals surface area contributed by atoms with E-state index in [2.05, 4.69) is 0 Å². The number of benzene rings is 2. The molecule has 0 aliphatic rings. The first-order chi connectivity index (χ1) is 9.13. The fourth-order valence-electron chi connectivity index (χ4n) is 1.91. The van der Waals surface area contributed by atoms with E-state index in [1.165, 1.54) is 6.07 Å². The molecule has 100 valence electrons. The highest BCUT2D eigenvalue weighted by molar-refractivity contribution is 5.76. The molecule has 0 saturated carbocycles. The van der Waals surface area contributed by atoms with Gasteiger partial charge in [-0.25, -0.2) is 4.39 Å². The maximum absolute atomic E-state index is 13.7. The van der Waals surface area contributed by atoms with Gasteiger partial charge >= 0.3 is 0 Å². The summed E-state index contributed by atoms with van der Waals surface area (Å²) in [6.45, 7) is 2.23. The first kappa shape index (κ1) is 13.2. The Morgan fingerprint density at radius 2 is 1.89 bits per heavy atom. The maximum atomic E-state index is 13.7. The number of hydrogen-bond acceptors (Lipinski definition) is 3. The van der Waals surface area contributed by atoms with Crippen LogP contribution in [0.2, 0.25) is 0 Å². The number of hydrogen-bond donors (Lipinski definition) is 1. The van der Waals surface area contributed by atoms with Crippen LogP contribution in [-0.2, 0) is 0 Å². The molecule has 0 atom stereocenters. The zero-order valence-corrected chi connectivity index (χ0v) is 11.1. The molecule has 0 unspecified atom stereocenters. The highest BCUT2D eigenvalue weighted by atomic mass is 19.1. The van der Waals surface area contributed by atoms with E-state index in [-0.39, 0.29) is 5.75 Å². The van der Waals surface area contributed by atoms with Gasteiger partial charge in [-0.15, -0.1) is 0 Å². The van der Waals surface area contributed by atoms with Crippen molar-refractivity contribution in [1.82, 2.24) is 0 Å². The third-order valence-corrected chi connectivity index (χ3v) is 2.89. The van der Waals surface area contributed by atoms with Crippen LogP contribution in [0.4, 0.5) is 21.5 Å². The van der Waals surface area contributed by atoms with Crippen LogP contribution in [0.5, 0.6) is 5.75 Å². The van der Waals surface area contributed by atoms with E-state index in [9.17, 15) is 4.39 Å². The van der Waals surface area contributed by atoms with E-state index in [0.717, 1.165) is 11.4 Å². The molecule has 19 heavy (non-hydrogen) atoms. The summed E-state index contributed by atoms with van der Waals surface area (Å²) in [6, 6.07) is 12.7. The maximum Gasteiger partial charge on any atom is 0.167 e. The molecule has 0 aliphatic heterocycles. The molecule has 0 radical (unpaired) electrons. The Kier molecular flexibility index (Phi) is 3.90. The third kappa shape index (κ3) is 2.78. The normalized spacial score (nSPS) is 10.3. The summed E-state index contributed by atoms with van der Waals surface area (Å²) in [7, 11) is 1.88. The van der Waals surface area contributed by atoms with Gasteiger partial charge in [-0.3, -0.25) is 0 Å². The topological polar surface area (TPSA) is 38.5 Å². The summed E-state index contributed by atoms with van der Waals surface area (Å²) in [4.78, 5) is 1.90. The summed E-state index contributed by atoms with van der Waals surface area (Å²) in [6.07, 6.45) is 0. The standard InChI is InChI=1S/C15H17FN2O/c1-3-19-15-10-14(13(17)9-12(15)16)18(2)11-7-5-4-6-8-11/h4-10H,3,17H2,1-2H3. The molecule has 0 bridgehead atoms. The van der Waals surface area contributed by atoms with E-state index in [4.69, 9.17) is 10.5 Å². The Balaban J connectivity index is 2.41. The van der Waals surface area contributed by atoms with Crippen molar-refractivity contribution in [2.24, 2.45) is 0 Å². The Labute approximate surface area is 112 Å². The fourth-order valence-corrected chi connectivity index (χ4v) is 1.91. The molecule has 0 heterocycles. The molecule has 0 aromatic heterocycles. The van der Waals surface area contributed by atoms with Crippen LogP contribution < -0.4 is 15.4 Å². The van der Waals surface area contributed by atoms with Crippen molar-refractivity contribution in [3.63, 3.8) is 0 Å². The minimum absolute atomic E-state index is 0.217. The Bertz CT molecular complexity index is 558. The van der Waals surface area contributed by atoms with Crippen LogP contribution >= 0.6 is 0 Å². The lowest BCUT2D eigenvalue weighted by molar-refractivity contribution is 0.322. The van der Waals surface area contributed by atoms with Gasteiger partial charge in [-0.1, -0.05) is 18.2 Å². The number of nitrogen functional groups attached to an aromatic ring is 1. The van der Waals surface area contributed by atoms with Gasteiger partial charge in [-0.05, 0) is 19.1 Å². The molecule has 2 aromatic rings. The van der Waals surface area contributed by atoms with E-state index in [1.54, 1.807) is 6.07 Å². The molecule has 4 heteroatoms. The van der Waals surface area contributed by atoms with Crippen LogP contribution in [0, 0.1) is 5.82 Å². The first-order valence-corrected chi connectivity index (χ1v) is 6.14. The molecule has 0 saturated heterocycles. The highest BCUT2D eigenvalue weighted by Crippen LogP contribution is 2.34. The van der Waals surface area contributed by atoms with E-state index >= 15 is 0 Å². The van der Waals surface area contributed by atoms with Gasteiger partial charge in [0.05, 0.1) is 18.0 Å². The number of nitrogens with zero attached hydrogens (tertiary/aromatic N) is 1. The Morgan fingerprint density at radius 3 is 2.53 bits per heavy atom. The summed E-state index contributed by atoms with van der Waals surface area (Å²) >= 11 is 0. The minimum atomic E-state index is -0.440. The Morgan fingerprint density at radius 1 is 1.21 bits per heavy atom. The number of ether oxygens (including phenoxy) is 1. The quantitative estimate of drug-likeness (QED) is 0.854. The number of nitrogens with two attached hydrogens (primary N) is 1. The summed E-state index contributed by atoms with van der Waals surface area (Å²) in [5.74, 6) is -0.223. The number of anilines is 3. The summed E-state index contributed by atoms with van der Waals surface area (Å²) in [5.41, 5.74) is 7.96. The molecular weight excluding hydrogens is 243 g/mol. The predicted molar refractivity (Wildman–Crippen MR) is 76.5 cm³/mol. The van der Waals surface area contributed by atoms with Crippen molar-refractivity contribution in [2.75, 3.05) is 24.3 Å². The molecule has 0 aliphatic carbocycles. The average Bonchev–Trinajstić information content (AvgIpc) is 2.42. The van der Waals surface area contributed by atoms with Crippen molar-refractivity contribution in [3.8, 4) is 5.75 Å².